The van der Waals surface area contributed by atoms with Crippen LogP contribution in [0.2, 0.25) is 0 Å². The van der Waals surface area contributed by atoms with Crippen LogP contribution in [0, 0.1) is 0 Å². The normalized spacial score (nSPS) is 9.55. The van der Waals surface area contributed by atoms with Gasteiger partial charge in [0.2, 0.25) is 6.29 Å². The lowest BCUT2D eigenvalue weighted by molar-refractivity contribution is 0.100. The molecule has 0 spiro atoms. The zero-order valence-corrected chi connectivity index (χ0v) is 7.87. The molecule has 0 aromatic carbocycles. The minimum Gasteiger partial charge on any atom is -0.293 e. The second-order valence-electron chi connectivity index (χ2n) is 1.85. The number of thiophene rings is 1. The van der Waals surface area contributed by atoms with E-state index in [4.69, 9.17) is 0 Å². The van der Waals surface area contributed by atoms with Gasteiger partial charge in [-0.15, -0.1) is 11.3 Å². The van der Waals surface area contributed by atoms with Gasteiger partial charge in [-0.25, -0.2) is 0 Å². The first kappa shape index (κ1) is 8.62. The van der Waals surface area contributed by atoms with E-state index in [-0.39, 0.29) is 12.2 Å². The van der Waals surface area contributed by atoms with Crippen LogP contribution in [0.5, 0.6) is 0 Å². The molecule has 1 rings (SSSR count). The van der Waals surface area contributed by atoms with Crippen molar-refractivity contribution < 1.29 is 9.59 Å². The molecule has 11 heavy (non-hydrogen) atoms. The third-order valence-electron chi connectivity index (χ3n) is 1.08. The predicted octanol–water partition coefficient (Wildman–Crippen LogP) is 2.19. The van der Waals surface area contributed by atoms with Crippen molar-refractivity contribution in [2.75, 3.05) is 0 Å². The maximum Gasteiger partial charge on any atom is 0.206 e. The number of ketones is 1. The summed E-state index contributed by atoms with van der Waals surface area (Å²) < 4.78 is 0.895. The number of rotatable bonds is 3. The summed E-state index contributed by atoms with van der Waals surface area (Å²) in [5.41, 5.74) is 0. The van der Waals surface area contributed by atoms with Crippen LogP contribution in [0.4, 0.5) is 0 Å². The Balaban J connectivity index is 2.76. The van der Waals surface area contributed by atoms with Crippen molar-refractivity contribution in [2.45, 2.75) is 6.42 Å². The Morgan fingerprint density at radius 2 is 2.36 bits per heavy atom. The van der Waals surface area contributed by atoms with Gasteiger partial charge < -0.3 is 0 Å². The van der Waals surface area contributed by atoms with Gasteiger partial charge in [-0.1, -0.05) is 0 Å². The van der Waals surface area contributed by atoms with E-state index in [9.17, 15) is 9.59 Å². The number of carbonyl (C=O) groups is 1. The van der Waals surface area contributed by atoms with Gasteiger partial charge >= 0.3 is 0 Å². The molecule has 0 aliphatic heterocycles. The van der Waals surface area contributed by atoms with Crippen LogP contribution in [-0.4, -0.2) is 12.1 Å². The first-order chi connectivity index (χ1) is 5.24. The molecule has 1 aromatic heterocycles. The van der Waals surface area contributed by atoms with Gasteiger partial charge in [0.15, 0.2) is 5.78 Å². The van der Waals surface area contributed by atoms with E-state index in [1.165, 1.54) is 11.3 Å². The molecule has 0 N–H and O–H groups in total. The minimum absolute atomic E-state index is 0.146. The Morgan fingerprint density at radius 3 is 2.82 bits per heavy atom. The van der Waals surface area contributed by atoms with E-state index >= 15 is 0 Å². The minimum atomic E-state index is -0.171. The molecule has 0 saturated carbocycles. The van der Waals surface area contributed by atoms with E-state index in [2.05, 4.69) is 15.9 Å². The van der Waals surface area contributed by atoms with Gasteiger partial charge in [-0.2, -0.15) is 0 Å². The van der Waals surface area contributed by atoms with Gasteiger partial charge in [0.25, 0.3) is 0 Å². The van der Waals surface area contributed by atoms with Crippen molar-refractivity contribution in [3.8, 4) is 0 Å². The molecule has 0 saturated heterocycles. The molecular weight excluding hydrogens is 228 g/mol. The number of halogens is 1. The molecule has 0 bridgehead atoms. The highest BCUT2D eigenvalue weighted by Crippen LogP contribution is 2.22. The fourth-order valence-corrected chi connectivity index (χ4v) is 1.94. The largest absolute Gasteiger partial charge is 0.293 e. The van der Waals surface area contributed by atoms with Crippen molar-refractivity contribution in [1.29, 1.82) is 0 Å². The topological polar surface area (TPSA) is 34.1 Å². The third-order valence-corrected chi connectivity index (χ3v) is 2.75. The summed E-state index contributed by atoms with van der Waals surface area (Å²) in [5.74, 6) is -0.171. The van der Waals surface area contributed by atoms with Gasteiger partial charge in [0.1, 0.15) is 0 Å². The van der Waals surface area contributed by atoms with Gasteiger partial charge in [-0.05, 0) is 28.1 Å². The van der Waals surface area contributed by atoms with Gasteiger partial charge in [0.05, 0.1) is 15.1 Å². The molecule has 57 valence electrons. The highest BCUT2D eigenvalue weighted by molar-refractivity contribution is 9.11. The van der Waals surface area contributed by atoms with Crippen LogP contribution >= 0.6 is 27.3 Å². The SMILES string of the molecule is O=[C]CC(=O)c1ccc(Br)s1. The fourth-order valence-electron chi connectivity index (χ4n) is 0.617. The lowest BCUT2D eigenvalue weighted by Crippen LogP contribution is -1.94. The average molecular weight is 232 g/mol. The molecule has 1 radical (unpaired) electrons. The van der Waals surface area contributed by atoms with E-state index < -0.39 is 0 Å². The van der Waals surface area contributed by atoms with E-state index in [1.807, 2.05) is 0 Å². The Labute approximate surface area is 76.4 Å². The Bertz CT molecular complexity index is 280. The molecule has 4 heteroatoms. The molecule has 1 heterocycles. The summed E-state index contributed by atoms with van der Waals surface area (Å²) in [6, 6.07) is 3.47. The maximum absolute atomic E-state index is 11.0. The Morgan fingerprint density at radius 1 is 1.64 bits per heavy atom. The van der Waals surface area contributed by atoms with Crippen molar-refractivity contribution in [1.82, 2.24) is 0 Å². The number of Topliss-reactive ketones (excluding diaryl/α,β-unsaturated/α-hetero) is 1. The van der Waals surface area contributed by atoms with Gasteiger partial charge in [0, 0.05) is 0 Å². The summed E-state index contributed by atoms with van der Waals surface area (Å²) >= 11 is 4.54. The molecule has 0 aliphatic carbocycles. The van der Waals surface area contributed by atoms with Crippen LogP contribution in [-0.2, 0) is 4.79 Å². The van der Waals surface area contributed by atoms with Crippen LogP contribution in [0.15, 0.2) is 15.9 Å². The van der Waals surface area contributed by atoms with E-state index in [0.29, 0.717) is 4.88 Å². The third kappa shape index (κ3) is 2.24. The zero-order valence-electron chi connectivity index (χ0n) is 5.46. The molecule has 0 aliphatic rings. The lowest BCUT2D eigenvalue weighted by Gasteiger charge is -1.85. The second-order valence-corrected chi connectivity index (χ2v) is 4.31. The summed E-state index contributed by atoms with van der Waals surface area (Å²) in [4.78, 5) is 21.4. The summed E-state index contributed by atoms with van der Waals surface area (Å²) in [6.07, 6.45) is 1.42. The quantitative estimate of drug-likeness (QED) is 0.591. The first-order valence-electron chi connectivity index (χ1n) is 2.87. The smallest absolute Gasteiger partial charge is 0.206 e. The maximum atomic E-state index is 11.0. The van der Waals surface area contributed by atoms with Crippen molar-refractivity contribution in [3.63, 3.8) is 0 Å². The Hall–Kier alpha value is -0.480. The number of hydrogen-bond donors (Lipinski definition) is 0. The summed E-state index contributed by atoms with van der Waals surface area (Å²) in [6.45, 7) is 0. The Kier molecular flexibility index (Phi) is 2.96. The van der Waals surface area contributed by atoms with Crippen molar-refractivity contribution in [3.05, 3.63) is 20.8 Å². The molecular formula is C7H4BrO2S. The number of hydrogen-bond acceptors (Lipinski definition) is 3. The zero-order chi connectivity index (χ0) is 8.27. The highest BCUT2D eigenvalue weighted by Gasteiger charge is 2.07. The predicted molar refractivity (Wildman–Crippen MR) is 46.7 cm³/mol. The molecule has 1 aromatic rings. The molecule has 0 fully saturated rings. The van der Waals surface area contributed by atoms with Crippen LogP contribution in [0.3, 0.4) is 0 Å². The summed E-state index contributed by atoms with van der Waals surface area (Å²) in [7, 11) is 0. The second kappa shape index (κ2) is 3.78. The number of carbonyl (C=O) groups excluding carboxylic acids is 2. The lowest BCUT2D eigenvalue weighted by atomic mass is 10.2. The van der Waals surface area contributed by atoms with Gasteiger partial charge in [-0.3, -0.25) is 9.59 Å². The average Bonchev–Trinajstić information content (AvgIpc) is 2.36. The molecule has 0 atom stereocenters. The van der Waals surface area contributed by atoms with Crippen molar-refractivity contribution >= 4 is 39.3 Å². The van der Waals surface area contributed by atoms with E-state index in [0.717, 1.165) is 3.79 Å². The van der Waals surface area contributed by atoms with E-state index in [1.54, 1.807) is 18.4 Å². The first-order valence-corrected chi connectivity index (χ1v) is 4.48. The fraction of sp³-hybridized carbons (Fsp3) is 0.143. The highest BCUT2D eigenvalue weighted by atomic mass is 79.9. The van der Waals surface area contributed by atoms with Crippen LogP contribution < -0.4 is 0 Å². The molecule has 0 unspecified atom stereocenters. The monoisotopic (exact) mass is 231 g/mol. The standard InChI is InChI=1S/C7H4BrO2S/c8-7-2-1-6(11-7)5(10)3-4-9/h1-2H,3H2. The van der Waals surface area contributed by atoms with Crippen LogP contribution in [0.1, 0.15) is 16.1 Å². The summed E-state index contributed by atoms with van der Waals surface area (Å²) in [5, 5.41) is 0. The van der Waals surface area contributed by atoms with Crippen LogP contribution in [0.25, 0.3) is 0 Å². The molecule has 0 amide bonds. The van der Waals surface area contributed by atoms with Crippen molar-refractivity contribution in [2.24, 2.45) is 0 Å². The molecule has 2 nitrogen and oxygen atoms in total.